The van der Waals surface area contributed by atoms with Gasteiger partial charge in [-0.25, -0.2) is 9.78 Å². The average Bonchev–Trinajstić information content (AvgIpc) is 3.45. The fraction of sp³-hybridized carbons (Fsp3) is 0.462. The predicted octanol–water partition coefficient (Wildman–Crippen LogP) is -1.43. The van der Waals surface area contributed by atoms with Gasteiger partial charge in [0.2, 0.25) is 17.7 Å². The van der Waals surface area contributed by atoms with Crippen molar-refractivity contribution in [1.29, 1.82) is 0 Å². The van der Waals surface area contributed by atoms with E-state index in [0.29, 0.717) is 23.4 Å². The number of phenolic OH excluding ortho intramolecular Hbond substituents is 1. The Morgan fingerprint density at radius 1 is 0.976 bits per heavy atom. The van der Waals surface area contributed by atoms with E-state index in [4.69, 9.17) is 17.2 Å². The molecule has 0 saturated carbocycles. The molecule has 4 unspecified atom stereocenters. The van der Waals surface area contributed by atoms with Crippen molar-refractivity contribution >= 4 is 41.4 Å². The highest BCUT2D eigenvalue weighted by atomic mass is 32.2. The molecule has 0 aliphatic carbocycles. The first-order valence-electron chi connectivity index (χ1n) is 13.2. The van der Waals surface area contributed by atoms with E-state index in [-0.39, 0.29) is 43.9 Å². The normalized spacial score (nSPS) is 13.7. The molecule has 0 bridgehead atoms. The number of amides is 3. The Morgan fingerprint density at radius 2 is 1.62 bits per heavy atom. The molecule has 4 atom stereocenters. The van der Waals surface area contributed by atoms with Gasteiger partial charge in [0.1, 0.15) is 23.9 Å². The third kappa shape index (κ3) is 12.1. The van der Waals surface area contributed by atoms with Gasteiger partial charge in [-0.2, -0.15) is 11.8 Å². The number of aromatic nitrogens is 2. The van der Waals surface area contributed by atoms with E-state index >= 15 is 0 Å². The molecule has 42 heavy (non-hydrogen) atoms. The molecule has 2 rings (SSSR count). The summed E-state index contributed by atoms with van der Waals surface area (Å²) in [6, 6.07) is 1.59. The number of aliphatic imine (C=N–C) groups is 1. The van der Waals surface area contributed by atoms with Crippen molar-refractivity contribution < 1.29 is 29.4 Å². The van der Waals surface area contributed by atoms with Crippen LogP contribution >= 0.6 is 11.8 Å². The highest BCUT2D eigenvalue weighted by molar-refractivity contribution is 7.98. The van der Waals surface area contributed by atoms with Gasteiger partial charge in [0.15, 0.2) is 5.96 Å². The summed E-state index contributed by atoms with van der Waals surface area (Å²) in [4.78, 5) is 62.1. The number of aromatic amines is 1. The maximum Gasteiger partial charge on any atom is 0.326 e. The number of hydrogen-bond donors (Lipinski definition) is 9. The number of nitrogens with one attached hydrogen (secondary N) is 4. The zero-order valence-corrected chi connectivity index (χ0v) is 24.1. The van der Waals surface area contributed by atoms with E-state index in [1.165, 1.54) is 36.4 Å². The minimum absolute atomic E-state index is 0.0163. The maximum atomic E-state index is 13.5. The van der Waals surface area contributed by atoms with Crippen LogP contribution in [0.15, 0.2) is 41.8 Å². The van der Waals surface area contributed by atoms with Crippen molar-refractivity contribution in [3.05, 3.63) is 48.0 Å². The van der Waals surface area contributed by atoms with Gasteiger partial charge in [-0.1, -0.05) is 12.1 Å². The Kier molecular flexibility index (Phi) is 14.1. The zero-order valence-electron chi connectivity index (χ0n) is 23.3. The van der Waals surface area contributed by atoms with E-state index in [2.05, 4.69) is 30.9 Å². The zero-order chi connectivity index (χ0) is 31.1. The van der Waals surface area contributed by atoms with Gasteiger partial charge < -0.3 is 48.3 Å². The molecule has 3 amide bonds. The first kappa shape index (κ1) is 33.9. The second kappa shape index (κ2) is 17.5. The number of carbonyl (C=O) groups is 4. The summed E-state index contributed by atoms with van der Waals surface area (Å²) in [5.74, 6) is -2.82. The number of phenols is 1. The van der Waals surface area contributed by atoms with Gasteiger partial charge >= 0.3 is 5.97 Å². The van der Waals surface area contributed by atoms with Crippen LogP contribution in [0.3, 0.4) is 0 Å². The number of aliphatic carboxylic acids is 1. The van der Waals surface area contributed by atoms with E-state index < -0.39 is 47.9 Å². The Morgan fingerprint density at radius 3 is 2.21 bits per heavy atom. The number of H-pyrrole nitrogens is 1. The molecule has 0 spiro atoms. The number of nitrogens with zero attached hydrogens (tertiary/aromatic N) is 2. The number of benzene rings is 1. The largest absolute Gasteiger partial charge is 0.508 e. The lowest BCUT2D eigenvalue weighted by molar-refractivity contribution is -0.142. The molecule has 1 heterocycles. The second-order valence-corrected chi connectivity index (χ2v) is 10.5. The Balaban J connectivity index is 2.24. The Hall–Kier alpha value is -4.31. The van der Waals surface area contributed by atoms with Gasteiger partial charge in [-0.3, -0.25) is 19.4 Å². The van der Waals surface area contributed by atoms with Crippen LogP contribution in [0.5, 0.6) is 5.75 Å². The van der Waals surface area contributed by atoms with Crippen molar-refractivity contribution in [2.45, 2.75) is 56.3 Å². The monoisotopic (exact) mass is 605 g/mol. The first-order valence-corrected chi connectivity index (χ1v) is 14.6. The SMILES string of the molecule is CSCCC(NC(=O)C(CCCN=C(N)N)NC(=O)C(Cc1ccc(O)cc1)NC(=O)C(N)Cc1cnc[nH]1)C(=O)O. The molecule has 12 N–H and O–H groups in total. The molecule has 2 aromatic rings. The van der Waals surface area contributed by atoms with Crippen molar-refractivity contribution in [3.63, 3.8) is 0 Å². The minimum atomic E-state index is -1.20. The molecule has 0 aliphatic heterocycles. The molecular formula is C26H39N9O6S. The van der Waals surface area contributed by atoms with Gasteiger partial charge in [-0.15, -0.1) is 0 Å². The number of carbonyl (C=O) groups excluding carboxylic acids is 3. The minimum Gasteiger partial charge on any atom is -0.508 e. The molecule has 1 aromatic carbocycles. The highest BCUT2D eigenvalue weighted by Crippen LogP contribution is 2.12. The first-order chi connectivity index (χ1) is 20.0. The van der Waals surface area contributed by atoms with Crippen molar-refractivity contribution in [2.75, 3.05) is 18.6 Å². The van der Waals surface area contributed by atoms with Gasteiger partial charge in [0, 0.05) is 31.3 Å². The standard InChI is InChI=1S/C26H39N9O6S/c1-42-10-8-20(25(40)41)34-23(38)19(3-2-9-31-26(28)29)33-24(39)21(11-15-4-6-17(36)7-5-15)35-22(37)18(27)12-16-13-30-14-32-16/h4-7,13-14,18-21,36H,2-3,8-12,27H2,1H3,(H,30,32)(H,33,39)(H,34,38)(H,35,37)(H,40,41)(H4,28,29,31). The third-order valence-corrected chi connectivity index (χ3v) is 6.79. The van der Waals surface area contributed by atoms with Gasteiger partial charge in [-0.05, 0) is 49.0 Å². The number of carboxylic acids is 1. The smallest absolute Gasteiger partial charge is 0.326 e. The summed E-state index contributed by atoms with van der Waals surface area (Å²) >= 11 is 1.43. The molecule has 15 nitrogen and oxygen atoms in total. The molecular weight excluding hydrogens is 566 g/mol. The number of thioether (sulfide) groups is 1. The highest BCUT2D eigenvalue weighted by Gasteiger charge is 2.30. The van der Waals surface area contributed by atoms with Crippen LogP contribution in [0.25, 0.3) is 0 Å². The van der Waals surface area contributed by atoms with Crippen molar-refractivity contribution in [3.8, 4) is 5.75 Å². The fourth-order valence-electron chi connectivity index (χ4n) is 3.89. The lowest BCUT2D eigenvalue weighted by atomic mass is 10.0. The lowest BCUT2D eigenvalue weighted by Crippen LogP contribution is -2.57. The van der Waals surface area contributed by atoms with Crippen LogP contribution in [0, 0.1) is 0 Å². The van der Waals surface area contributed by atoms with E-state index in [9.17, 15) is 29.4 Å². The Bertz CT molecular complexity index is 1190. The molecule has 0 fully saturated rings. The summed E-state index contributed by atoms with van der Waals surface area (Å²) in [7, 11) is 0. The molecule has 16 heteroatoms. The van der Waals surface area contributed by atoms with Crippen molar-refractivity contribution in [1.82, 2.24) is 25.9 Å². The van der Waals surface area contributed by atoms with Crippen LogP contribution in [-0.2, 0) is 32.0 Å². The van der Waals surface area contributed by atoms with Crippen LogP contribution in [-0.4, -0.2) is 92.6 Å². The summed E-state index contributed by atoms with van der Waals surface area (Å²) in [5.41, 5.74) is 18.1. The fourth-order valence-corrected chi connectivity index (χ4v) is 4.36. The van der Waals surface area contributed by atoms with Crippen molar-refractivity contribution in [2.24, 2.45) is 22.2 Å². The molecule has 1 aromatic heterocycles. The molecule has 0 aliphatic rings. The number of hydrogen-bond acceptors (Lipinski definition) is 9. The second-order valence-electron chi connectivity index (χ2n) is 9.51. The number of aromatic hydroxyl groups is 1. The quantitative estimate of drug-likeness (QED) is 0.0540. The topological polar surface area (TPSA) is 264 Å². The predicted molar refractivity (Wildman–Crippen MR) is 158 cm³/mol. The molecule has 230 valence electrons. The maximum absolute atomic E-state index is 13.5. The third-order valence-electron chi connectivity index (χ3n) is 6.14. The number of nitrogens with two attached hydrogens (primary N) is 3. The number of imidazole rings is 1. The van der Waals surface area contributed by atoms with E-state index in [0.717, 1.165) is 0 Å². The van der Waals surface area contributed by atoms with Crippen LogP contribution in [0.1, 0.15) is 30.5 Å². The summed E-state index contributed by atoms with van der Waals surface area (Å²) in [6.45, 7) is 0.174. The number of rotatable bonds is 18. The number of guanidine groups is 1. The van der Waals surface area contributed by atoms with Crippen LogP contribution in [0.4, 0.5) is 0 Å². The summed E-state index contributed by atoms with van der Waals surface area (Å²) in [6.07, 6.45) is 5.52. The van der Waals surface area contributed by atoms with E-state index in [1.807, 2.05) is 6.26 Å². The van der Waals surface area contributed by atoms with Gasteiger partial charge in [0.25, 0.3) is 0 Å². The lowest BCUT2D eigenvalue weighted by Gasteiger charge is -2.25. The molecule has 0 radical (unpaired) electrons. The average molecular weight is 606 g/mol. The van der Waals surface area contributed by atoms with Crippen LogP contribution in [0.2, 0.25) is 0 Å². The number of carboxylic acid groups (broad SMARTS) is 1. The summed E-state index contributed by atoms with van der Waals surface area (Å²) in [5, 5.41) is 27.0. The van der Waals surface area contributed by atoms with E-state index in [1.54, 1.807) is 12.1 Å². The summed E-state index contributed by atoms with van der Waals surface area (Å²) < 4.78 is 0. The van der Waals surface area contributed by atoms with Gasteiger partial charge in [0.05, 0.1) is 12.4 Å². The van der Waals surface area contributed by atoms with Crippen LogP contribution < -0.4 is 33.2 Å². The Labute approximate surface area is 247 Å². The molecule has 0 saturated heterocycles.